The van der Waals surface area contributed by atoms with Crippen molar-refractivity contribution in [2.24, 2.45) is 0 Å². The molecule has 2 aromatic carbocycles. The van der Waals surface area contributed by atoms with E-state index in [0.717, 1.165) is 16.7 Å². The van der Waals surface area contributed by atoms with Gasteiger partial charge in [-0.2, -0.15) is 0 Å². The van der Waals surface area contributed by atoms with Crippen LogP contribution in [0.2, 0.25) is 5.02 Å². The lowest BCUT2D eigenvalue weighted by atomic mass is 9.97. The summed E-state index contributed by atoms with van der Waals surface area (Å²) in [6, 6.07) is 11.2. The lowest BCUT2D eigenvalue weighted by Crippen LogP contribution is -2.42. The van der Waals surface area contributed by atoms with Crippen molar-refractivity contribution in [3.63, 3.8) is 0 Å². The Balaban J connectivity index is 1.96. The number of benzene rings is 2. The number of carbonyl (C=O) groups is 2. The molecule has 0 unspecified atom stereocenters. The average Bonchev–Trinajstić information content (AvgIpc) is 2.45. The summed E-state index contributed by atoms with van der Waals surface area (Å²) in [6.45, 7) is 4.29. The summed E-state index contributed by atoms with van der Waals surface area (Å²) in [4.78, 5) is 26.3. The minimum atomic E-state index is -0.308. The van der Waals surface area contributed by atoms with Gasteiger partial charge in [0.2, 0.25) is 5.91 Å². The lowest BCUT2D eigenvalue weighted by Gasteiger charge is -2.28. The van der Waals surface area contributed by atoms with Crippen LogP contribution in [0, 0.1) is 13.8 Å². The van der Waals surface area contributed by atoms with Crippen LogP contribution in [0.5, 0.6) is 0 Å². The molecule has 0 aliphatic carbocycles. The third-order valence-corrected chi connectivity index (χ3v) is 4.34. The molecule has 2 aromatic rings. The fourth-order valence-electron chi connectivity index (χ4n) is 2.82. The van der Waals surface area contributed by atoms with Crippen molar-refractivity contribution in [3.05, 3.63) is 69.2 Å². The Morgan fingerprint density at radius 1 is 1.14 bits per heavy atom. The first kappa shape index (κ1) is 14.8. The molecule has 0 bridgehead atoms. The van der Waals surface area contributed by atoms with Gasteiger partial charge in [-0.05, 0) is 36.6 Å². The number of amides is 2. The van der Waals surface area contributed by atoms with E-state index < -0.39 is 0 Å². The Labute approximate surface area is 134 Å². The highest BCUT2D eigenvalue weighted by Crippen LogP contribution is 2.28. The molecule has 0 fully saturated rings. The number of carbonyl (C=O) groups excluding carboxylic acids is 2. The van der Waals surface area contributed by atoms with Gasteiger partial charge in [-0.1, -0.05) is 47.5 Å². The Morgan fingerprint density at radius 3 is 2.64 bits per heavy atom. The highest BCUT2D eigenvalue weighted by Gasteiger charge is 2.32. The molecule has 2 amide bonds. The first-order valence-electron chi connectivity index (χ1n) is 7.15. The van der Waals surface area contributed by atoms with Crippen LogP contribution in [-0.4, -0.2) is 16.7 Å². The van der Waals surface area contributed by atoms with E-state index in [4.69, 9.17) is 11.6 Å². The Bertz CT molecular complexity index is 783. The second kappa shape index (κ2) is 5.58. The van der Waals surface area contributed by atoms with Gasteiger partial charge in [-0.25, -0.2) is 0 Å². The number of fused-ring (bicyclic) bond motifs is 1. The van der Waals surface area contributed by atoms with Crippen molar-refractivity contribution in [2.45, 2.75) is 26.8 Å². The maximum absolute atomic E-state index is 12.7. The molecule has 0 saturated carbocycles. The molecule has 0 saturated heterocycles. The second-order valence-electron chi connectivity index (χ2n) is 5.67. The summed E-state index contributed by atoms with van der Waals surface area (Å²) in [5, 5.41) is 0.403. The van der Waals surface area contributed by atoms with E-state index >= 15 is 0 Å². The summed E-state index contributed by atoms with van der Waals surface area (Å²) < 4.78 is 0. The zero-order chi connectivity index (χ0) is 15.9. The van der Waals surface area contributed by atoms with Gasteiger partial charge in [0, 0.05) is 0 Å². The maximum atomic E-state index is 12.7. The largest absolute Gasteiger partial charge is 0.274 e. The highest BCUT2D eigenvalue weighted by molar-refractivity contribution is 6.34. The molecule has 4 heteroatoms. The first-order valence-corrected chi connectivity index (χ1v) is 7.53. The second-order valence-corrected chi connectivity index (χ2v) is 6.07. The van der Waals surface area contributed by atoms with Crippen LogP contribution in [0.15, 0.2) is 36.4 Å². The molecular weight excluding hydrogens is 298 g/mol. The Morgan fingerprint density at radius 2 is 1.91 bits per heavy atom. The zero-order valence-corrected chi connectivity index (χ0v) is 13.3. The van der Waals surface area contributed by atoms with Crippen molar-refractivity contribution in [1.82, 2.24) is 4.90 Å². The highest BCUT2D eigenvalue weighted by atomic mass is 35.5. The number of halogens is 1. The van der Waals surface area contributed by atoms with Crippen LogP contribution >= 0.6 is 11.6 Å². The smallest absolute Gasteiger partial charge is 0.262 e. The average molecular weight is 314 g/mol. The van der Waals surface area contributed by atoms with Crippen LogP contribution in [0.3, 0.4) is 0 Å². The van der Waals surface area contributed by atoms with Crippen LogP contribution in [0.4, 0.5) is 0 Å². The third-order valence-electron chi connectivity index (χ3n) is 4.03. The molecule has 3 rings (SSSR count). The van der Waals surface area contributed by atoms with Crippen LogP contribution in [0.25, 0.3) is 0 Å². The molecule has 0 spiro atoms. The number of aryl methyl sites for hydroxylation is 2. The van der Waals surface area contributed by atoms with Crippen LogP contribution in [-0.2, 0) is 17.8 Å². The zero-order valence-electron chi connectivity index (χ0n) is 12.5. The van der Waals surface area contributed by atoms with E-state index in [2.05, 4.69) is 6.07 Å². The van der Waals surface area contributed by atoms with Gasteiger partial charge < -0.3 is 0 Å². The SMILES string of the molecule is Cc1ccc(CN2C(=O)Cc3cccc(Cl)c3C2=O)c(C)c1. The summed E-state index contributed by atoms with van der Waals surface area (Å²) >= 11 is 6.15. The van der Waals surface area contributed by atoms with E-state index in [-0.39, 0.29) is 24.8 Å². The predicted octanol–water partition coefficient (Wildman–Crippen LogP) is 3.68. The molecule has 1 heterocycles. The number of rotatable bonds is 2. The minimum absolute atomic E-state index is 0.181. The fourth-order valence-corrected chi connectivity index (χ4v) is 3.09. The van der Waals surface area contributed by atoms with E-state index in [1.807, 2.05) is 26.0 Å². The molecular formula is C18H16ClNO2. The van der Waals surface area contributed by atoms with Gasteiger partial charge in [0.05, 0.1) is 23.6 Å². The Hall–Kier alpha value is -2.13. The number of nitrogens with zero attached hydrogens (tertiary/aromatic N) is 1. The molecule has 1 aliphatic rings. The summed E-state index contributed by atoms with van der Waals surface area (Å²) in [5.41, 5.74) is 4.37. The normalized spacial score (nSPS) is 14.2. The van der Waals surface area contributed by atoms with Gasteiger partial charge >= 0.3 is 0 Å². The van der Waals surface area contributed by atoms with E-state index in [1.165, 1.54) is 4.90 Å². The fraction of sp³-hybridized carbons (Fsp3) is 0.222. The number of hydrogen-bond acceptors (Lipinski definition) is 2. The maximum Gasteiger partial charge on any atom is 0.262 e. The summed E-state index contributed by atoms with van der Waals surface area (Å²) in [6.07, 6.45) is 0.215. The number of hydrogen-bond donors (Lipinski definition) is 0. The van der Waals surface area contributed by atoms with E-state index in [0.29, 0.717) is 16.1 Å². The lowest BCUT2D eigenvalue weighted by molar-refractivity contribution is -0.128. The molecule has 22 heavy (non-hydrogen) atoms. The van der Waals surface area contributed by atoms with E-state index in [9.17, 15) is 9.59 Å². The van der Waals surface area contributed by atoms with Crippen LogP contribution < -0.4 is 0 Å². The van der Waals surface area contributed by atoms with Crippen molar-refractivity contribution >= 4 is 23.4 Å². The molecule has 0 radical (unpaired) electrons. The molecule has 0 atom stereocenters. The Kier molecular flexibility index (Phi) is 3.75. The van der Waals surface area contributed by atoms with Crippen molar-refractivity contribution in [3.8, 4) is 0 Å². The monoisotopic (exact) mass is 313 g/mol. The molecule has 0 aromatic heterocycles. The first-order chi connectivity index (χ1) is 10.5. The van der Waals surface area contributed by atoms with Gasteiger partial charge in [-0.3, -0.25) is 14.5 Å². The topological polar surface area (TPSA) is 37.4 Å². The predicted molar refractivity (Wildman–Crippen MR) is 86.0 cm³/mol. The van der Waals surface area contributed by atoms with Gasteiger partial charge in [0.1, 0.15) is 0 Å². The van der Waals surface area contributed by atoms with Gasteiger partial charge in [0.15, 0.2) is 0 Å². The third kappa shape index (κ3) is 2.53. The molecule has 3 nitrogen and oxygen atoms in total. The molecule has 0 N–H and O–H groups in total. The van der Waals surface area contributed by atoms with Crippen molar-refractivity contribution in [1.29, 1.82) is 0 Å². The number of imide groups is 1. The van der Waals surface area contributed by atoms with Crippen molar-refractivity contribution in [2.75, 3.05) is 0 Å². The van der Waals surface area contributed by atoms with Crippen molar-refractivity contribution < 1.29 is 9.59 Å². The summed E-state index contributed by atoms with van der Waals surface area (Å²) in [5.74, 6) is -0.489. The van der Waals surface area contributed by atoms with Gasteiger partial charge in [-0.15, -0.1) is 0 Å². The van der Waals surface area contributed by atoms with Gasteiger partial charge in [0.25, 0.3) is 5.91 Å². The van der Waals surface area contributed by atoms with E-state index in [1.54, 1.807) is 18.2 Å². The molecule has 112 valence electrons. The quantitative estimate of drug-likeness (QED) is 0.793. The van der Waals surface area contributed by atoms with Crippen LogP contribution in [0.1, 0.15) is 32.6 Å². The standard InChI is InChI=1S/C18H16ClNO2/c1-11-6-7-14(12(2)8-11)10-20-16(21)9-13-4-3-5-15(19)17(13)18(20)22/h3-8H,9-10H2,1-2H3. The summed E-state index contributed by atoms with van der Waals surface area (Å²) in [7, 11) is 0. The minimum Gasteiger partial charge on any atom is -0.274 e. The molecule has 1 aliphatic heterocycles.